The number of alkyl halides is 3. The van der Waals surface area contributed by atoms with Crippen molar-refractivity contribution in [3.05, 3.63) is 33.9 Å². The van der Waals surface area contributed by atoms with Gasteiger partial charge in [-0.15, -0.1) is 0 Å². The summed E-state index contributed by atoms with van der Waals surface area (Å²) in [6.45, 7) is 3.04. The number of amides is 2. The van der Waals surface area contributed by atoms with Gasteiger partial charge in [0.2, 0.25) is 0 Å². The van der Waals surface area contributed by atoms with Crippen molar-refractivity contribution < 1.29 is 32.4 Å². The second-order valence-electron chi connectivity index (χ2n) is 6.00. The van der Waals surface area contributed by atoms with Gasteiger partial charge in [0.15, 0.2) is 0 Å². The van der Waals surface area contributed by atoms with Crippen molar-refractivity contribution in [1.29, 1.82) is 0 Å². The summed E-state index contributed by atoms with van der Waals surface area (Å²) in [5.41, 5.74) is -1.17. The van der Waals surface area contributed by atoms with Gasteiger partial charge in [0.05, 0.1) is 17.1 Å². The van der Waals surface area contributed by atoms with E-state index in [4.69, 9.17) is 4.74 Å². The van der Waals surface area contributed by atoms with Gasteiger partial charge >= 0.3 is 12.3 Å². The molecule has 0 spiro atoms. The zero-order valence-corrected chi connectivity index (χ0v) is 13.9. The van der Waals surface area contributed by atoms with Crippen molar-refractivity contribution in [3.8, 4) is 0 Å². The minimum Gasteiger partial charge on any atom is -0.448 e. The number of rotatable bonds is 5. The van der Waals surface area contributed by atoms with Crippen LogP contribution in [0, 0.1) is 15.5 Å². The number of imide groups is 1. The molecule has 142 valence electrons. The fourth-order valence-electron chi connectivity index (χ4n) is 2.11. The van der Waals surface area contributed by atoms with Crippen molar-refractivity contribution in [2.75, 3.05) is 12.0 Å². The predicted octanol–water partition coefficient (Wildman–Crippen LogP) is 3.73. The number of hydrogen-bond acceptors (Lipinski definition) is 6. The molecule has 0 heterocycles. The van der Waals surface area contributed by atoms with Crippen LogP contribution in [0.3, 0.4) is 0 Å². The lowest BCUT2D eigenvalue weighted by Gasteiger charge is -2.24. The van der Waals surface area contributed by atoms with Crippen LogP contribution in [0.4, 0.5) is 29.3 Å². The van der Waals surface area contributed by atoms with E-state index < -0.39 is 45.5 Å². The Balaban J connectivity index is 2.39. The molecule has 8 nitrogen and oxygen atoms in total. The molecule has 26 heavy (non-hydrogen) atoms. The van der Waals surface area contributed by atoms with E-state index in [1.54, 1.807) is 6.92 Å². The van der Waals surface area contributed by atoms with Crippen LogP contribution in [-0.2, 0) is 15.7 Å². The van der Waals surface area contributed by atoms with Gasteiger partial charge in [-0.25, -0.2) is 4.79 Å². The number of nitrogens with one attached hydrogen (secondary N) is 1. The first kappa shape index (κ1) is 19.5. The topological polar surface area (TPSA) is 102 Å². The van der Waals surface area contributed by atoms with Crippen molar-refractivity contribution in [2.45, 2.75) is 32.9 Å². The third-order valence-electron chi connectivity index (χ3n) is 3.92. The third-order valence-corrected chi connectivity index (χ3v) is 3.92. The highest BCUT2D eigenvalue weighted by Crippen LogP contribution is 2.46. The SMILES string of the molecule is CCOC(=O)N(Nc1ccc(C(F)(F)F)cc1[N+](=O)[O-])C(=O)C1(C)CC1. The molecule has 0 saturated heterocycles. The van der Waals surface area contributed by atoms with Gasteiger partial charge in [-0.1, -0.05) is 6.92 Å². The number of carbonyl (C=O) groups excluding carboxylic acids is 2. The molecule has 0 atom stereocenters. The van der Waals surface area contributed by atoms with Gasteiger partial charge in [-0.05, 0) is 31.9 Å². The Bertz CT molecular complexity index is 747. The number of anilines is 1. The monoisotopic (exact) mass is 375 g/mol. The average Bonchev–Trinajstić information content (AvgIpc) is 3.30. The Morgan fingerprint density at radius 1 is 1.38 bits per heavy atom. The Morgan fingerprint density at radius 2 is 2.00 bits per heavy atom. The lowest BCUT2D eigenvalue weighted by molar-refractivity contribution is -0.384. The highest BCUT2D eigenvalue weighted by molar-refractivity contribution is 5.98. The van der Waals surface area contributed by atoms with Crippen LogP contribution < -0.4 is 5.43 Å². The number of ether oxygens (including phenoxy) is 1. The summed E-state index contributed by atoms with van der Waals surface area (Å²) in [5, 5.41) is 11.6. The molecule has 0 radical (unpaired) electrons. The van der Waals surface area contributed by atoms with E-state index in [-0.39, 0.29) is 6.61 Å². The lowest BCUT2D eigenvalue weighted by atomic mass is 10.1. The summed E-state index contributed by atoms with van der Waals surface area (Å²) in [7, 11) is 0. The fourth-order valence-corrected chi connectivity index (χ4v) is 2.11. The van der Waals surface area contributed by atoms with Gasteiger partial charge < -0.3 is 4.74 Å². The molecule has 1 aliphatic carbocycles. The summed E-state index contributed by atoms with van der Waals surface area (Å²) in [4.78, 5) is 34.6. The molecule has 1 aliphatic rings. The molecule has 11 heteroatoms. The fraction of sp³-hybridized carbons (Fsp3) is 0.467. The first-order valence-electron chi connectivity index (χ1n) is 7.63. The third kappa shape index (κ3) is 4.03. The summed E-state index contributed by atoms with van der Waals surface area (Å²) in [5.74, 6) is -0.676. The molecule has 0 unspecified atom stereocenters. The number of nitrogens with zero attached hydrogens (tertiary/aromatic N) is 2. The number of carbonyl (C=O) groups is 2. The molecule has 1 saturated carbocycles. The summed E-state index contributed by atoms with van der Waals surface area (Å²) >= 11 is 0. The summed E-state index contributed by atoms with van der Waals surface area (Å²) < 4.78 is 43.0. The van der Waals surface area contributed by atoms with Crippen molar-refractivity contribution in [2.24, 2.45) is 5.41 Å². The molecule has 0 aromatic heterocycles. The zero-order chi connectivity index (χ0) is 19.7. The van der Waals surface area contributed by atoms with Crippen molar-refractivity contribution in [1.82, 2.24) is 5.01 Å². The zero-order valence-electron chi connectivity index (χ0n) is 13.9. The number of hydrazine groups is 1. The largest absolute Gasteiger partial charge is 0.448 e. The molecule has 2 rings (SSSR count). The normalized spacial score (nSPS) is 15.1. The first-order chi connectivity index (χ1) is 12.0. The second kappa shape index (κ2) is 6.81. The minimum atomic E-state index is -4.78. The Morgan fingerprint density at radius 3 is 2.46 bits per heavy atom. The van der Waals surface area contributed by atoms with Gasteiger partial charge in [-0.3, -0.25) is 20.3 Å². The molecule has 1 aromatic rings. The van der Waals surface area contributed by atoms with Crippen LogP contribution in [-0.4, -0.2) is 28.5 Å². The quantitative estimate of drug-likeness (QED) is 0.622. The van der Waals surface area contributed by atoms with Gasteiger partial charge in [-0.2, -0.15) is 18.2 Å². The maximum Gasteiger partial charge on any atom is 0.436 e. The molecule has 1 N–H and O–H groups in total. The molecular formula is C15H16F3N3O5. The van der Waals surface area contributed by atoms with E-state index >= 15 is 0 Å². The lowest BCUT2D eigenvalue weighted by Crippen LogP contribution is -2.45. The van der Waals surface area contributed by atoms with Crippen molar-refractivity contribution >= 4 is 23.4 Å². The number of hydrogen-bond donors (Lipinski definition) is 1. The van der Waals surface area contributed by atoms with Gasteiger partial charge in [0.1, 0.15) is 5.69 Å². The Labute approximate surface area is 146 Å². The maximum atomic E-state index is 12.8. The van der Waals surface area contributed by atoms with Gasteiger partial charge in [0, 0.05) is 11.5 Å². The maximum absolute atomic E-state index is 12.8. The van der Waals surface area contributed by atoms with Crippen molar-refractivity contribution in [3.63, 3.8) is 0 Å². The van der Waals surface area contributed by atoms with E-state index in [0.29, 0.717) is 30.0 Å². The van der Waals surface area contributed by atoms with Crippen LogP contribution in [0.2, 0.25) is 0 Å². The molecule has 2 amide bonds. The van der Waals surface area contributed by atoms with E-state index in [1.165, 1.54) is 6.92 Å². The summed E-state index contributed by atoms with van der Waals surface area (Å²) in [6.07, 6.45) is -4.85. The predicted molar refractivity (Wildman–Crippen MR) is 82.9 cm³/mol. The van der Waals surface area contributed by atoms with Crippen LogP contribution in [0.5, 0.6) is 0 Å². The minimum absolute atomic E-state index is 0.0594. The smallest absolute Gasteiger partial charge is 0.436 e. The number of halogens is 3. The van der Waals surface area contributed by atoms with Gasteiger partial charge in [0.25, 0.3) is 11.6 Å². The van der Waals surface area contributed by atoms with E-state index in [0.717, 1.165) is 6.07 Å². The molecule has 0 aliphatic heterocycles. The molecule has 0 bridgehead atoms. The average molecular weight is 375 g/mol. The molecular weight excluding hydrogens is 359 g/mol. The van der Waals surface area contributed by atoms with Crippen LogP contribution in [0.15, 0.2) is 18.2 Å². The standard InChI is InChI=1S/C15H16F3N3O5/c1-3-26-13(23)20(12(22)14(2)6-7-14)19-10-5-4-9(15(16,17)18)8-11(10)21(24)25/h4-5,8,19H,3,6-7H2,1-2H3. The van der Waals surface area contributed by atoms with E-state index in [9.17, 15) is 32.9 Å². The van der Waals surface area contributed by atoms with Crippen LogP contribution >= 0.6 is 0 Å². The Hall–Kier alpha value is -2.85. The highest BCUT2D eigenvalue weighted by Gasteiger charge is 2.49. The second-order valence-corrected chi connectivity index (χ2v) is 6.00. The summed E-state index contributed by atoms with van der Waals surface area (Å²) in [6, 6.07) is 1.73. The van der Waals surface area contributed by atoms with Crippen LogP contribution in [0.25, 0.3) is 0 Å². The van der Waals surface area contributed by atoms with E-state index in [2.05, 4.69) is 5.43 Å². The van der Waals surface area contributed by atoms with Crippen LogP contribution in [0.1, 0.15) is 32.3 Å². The molecule has 1 aromatic carbocycles. The Kier molecular flexibility index (Phi) is 5.10. The molecule has 1 fully saturated rings. The number of benzene rings is 1. The number of nitro benzene ring substituents is 1. The van der Waals surface area contributed by atoms with E-state index in [1.807, 2.05) is 0 Å². The first-order valence-corrected chi connectivity index (χ1v) is 7.63. The highest BCUT2D eigenvalue weighted by atomic mass is 19.4. The number of nitro groups is 1.